The van der Waals surface area contributed by atoms with E-state index in [4.69, 9.17) is 16.7 Å². The molecule has 0 saturated carbocycles. The van der Waals surface area contributed by atoms with Crippen LogP contribution in [-0.4, -0.2) is 30.9 Å². The number of benzene rings is 1. The van der Waals surface area contributed by atoms with Crippen LogP contribution >= 0.6 is 11.6 Å². The van der Waals surface area contributed by atoms with Crippen LogP contribution in [0, 0.1) is 0 Å². The van der Waals surface area contributed by atoms with Gasteiger partial charge in [0.2, 0.25) is 0 Å². The maximum absolute atomic E-state index is 6.09. The van der Waals surface area contributed by atoms with Gasteiger partial charge in [0.25, 0.3) is 0 Å². The second-order valence-corrected chi connectivity index (χ2v) is 5.43. The van der Waals surface area contributed by atoms with Crippen LogP contribution in [0.5, 0.6) is 0 Å². The standard InChI is InChI=1S/C15H22ClN3/c1-12(18-19-9-5-3-4-6-10-19)14-11-13(16)7-8-15(14)17-2/h7-8,11,17H,3-6,9-10H2,1-2H3/b18-12-. The van der Waals surface area contributed by atoms with E-state index in [1.807, 2.05) is 25.2 Å². The Balaban J connectivity index is 2.21. The molecule has 1 heterocycles. The number of nitrogens with zero attached hydrogens (tertiary/aromatic N) is 2. The van der Waals surface area contributed by atoms with Crippen molar-refractivity contribution in [1.29, 1.82) is 0 Å². The van der Waals surface area contributed by atoms with Crippen molar-refractivity contribution >= 4 is 23.0 Å². The number of nitrogens with one attached hydrogen (secondary N) is 1. The quantitative estimate of drug-likeness (QED) is 0.848. The molecule has 0 amide bonds. The lowest BCUT2D eigenvalue weighted by Gasteiger charge is -2.18. The zero-order chi connectivity index (χ0) is 13.7. The number of halogens is 1. The van der Waals surface area contributed by atoms with E-state index in [1.165, 1.54) is 25.7 Å². The maximum Gasteiger partial charge on any atom is 0.0667 e. The van der Waals surface area contributed by atoms with Crippen molar-refractivity contribution in [3.8, 4) is 0 Å². The summed E-state index contributed by atoms with van der Waals surface area (Å²) in [5.41, 5.74) is 3.17. The third-order valence-corrected chi connectivity index (χ3v) is 3.75. The fourth-order valence-electron chi connectivity index (χ4n) is 2.45. The third kappa shape index (κ3) is 3.87. The van der Waals surface area contributed by atoms with Crippen molar-refractivity contribution in [2.75, 3.05) is 25.5 Å². The first-order valence-electron chi connectivity index (χ1n) is 6.98. The fourth-order valence-corrected chi connectivity index (χ4v) is 2.63. The van der Waals surface area contributed by atoms with Crippen molar-refractivity contribution in [2.45, 2.75) is 32.6 Å². The summed E-state index contributed by atoms with van der Waals surface area (Å²) in [6, 6.07) is 5.87. The van der Waals surface area contributed by atoms with Gasteiger partial charge < -0.3 is 5.32 Å². The summed E-state index contributed by atoms with van der Waals surface area (Å²) in [4.78, 5) is 0. The van der Waals surface area contributed by atoms with E-state index in [-0.39, 0.29) is 0 Å². The van der Waals surface area contributed by atoms with E-state index in [1.54, 1.807) is 0 Å². The predicted molar refractivity (Wildman–Crippen MR) is 83.3 cm³/mol. The van der Waals surface area contributed by atoms with E-state index >= 15 is 0 Å². The molecule has 1 aromatic rings. The molecule has 0 bridgehead atoms. The molecule has 0 spiro atoms. The SMILES string of the molecule is CNc1ccc(Cl)cc1/C(C)=N\N1CCCCCC1. The van der Waals surface area contributed by atoms with E-state index < -0.39 is 0 Å². The highest BCUT2D eigenvalue weighted by Crippen LogP contribution is 2.21. The molecule has 0 aromatic heterocycles. The van der Waals surface area contributed by atoms with Crippen molar-refractivity contribution in [2.24, 2.45) is 5.10 Å². The Kier molecular flexibility index (Phi) is 5.08. The summed E-state index contributed by atoms with van der Waals surface area (Å²) in [6.07, 6.45) is 5.13. The van der Waals surface area contributed by atoms with E-state index in [0.29, 0.717) is 0 Å². The summed E-state index contributed by atoms with van der Waals surface area (Å²) >= 11 is 6.09. The molecule has 1 N–H and O–H groups in total. The molecule has 104 valence electrons. The van der Waals surface area contributed by atoms with Gasteiger partial charge in [-0.15, -0.1) is 0 Å². The minimum absolute atomic E-state index is 0.749. The zero-order valence-corrected chi connectivity index (χ0v) is 12.5. The molecule has 0 aliphatic carbocycles. The number of rotatable bonds is 3. The molecule has 1 aliphatic rings. The normalized spacial score (nSPS) is 17.2. The Morgan fingerprint density at radius 1 is 1.21 bits per heavy atom. The maximum atomic E-state index is 6.09. The molecule has 3 nitrogen and oxygen atoms in total. The number of hydrogen-bond donors (Lipinski definition) is 1. The monoisotopic (exact) mass is 279 g/mol. The average Bonchev–Trinajstić information content (AvgIpc) is 2.67. The number of hydrogen-bond acceptors (Lipinski definition) is 3. The summed E-state index contributed by atoms with van der Waals surface area (Å²) in [5, 5.41) is 10.9. The van der Waals surface area contributed by atoms with Gasteiger partial charge in [-0.05, 0) is 38.0 Å². The Morgan fingerprint density at radius 3 is 2.53 bits per heavy atom. The van der Waals surface area contributed by atoms with Crippen LogP contribution in [0.25, 0.3) is 0 Å². The first-order valence-corrected chi connectivity index (χ1v) is 7.36. The van der Waals surface area contributed by atoms with Gasteiger partial charge in [-0.25, -0.2) is 0 Å². The minimum Gasteiger partial charge on any atom is -0.388 e. The molecule has 0 atom stereocenters. The largest absolute Gasteiger partial charge is 0.388 e. The van der Waals surface area contributed by atoms with Crippen LogP contribution in [0.4, 0.5) is 5.69 Å². The molecule has 1 fully saturated rings. The van der Waals surface area contributed by atoms with Gasteiger partial charge in [-0.1, -0.05) is 24.4 Å². The minimum atomic E-state index is 0.749. The summed E-state index contributed by atoms with van der Waals surface area (Å²) in [6.45, 7) is 4.18. The highest BCUT2D eigenvalue weighted by atomic mass is 35.5. The molecule has 1 saturated heterocycles. The van der Waals surface area contributed by atoms with E-state index in [2.05, 4.69) is 17.2 Å². The average molecular weight is 280 g/mol. The highest BCUT2D eigenvalue weighted by Gasteiger charge is 2.10. The van der Waals surface area contributed by atoms with Crippen LogP contribution in [0.2, 0.25) is 5.02 Å². The van der Waals surface area contributed by atoms with Gasteiger partial charge >= 0.3 is 0 Å². The summed E-state index contributed by atoms with van der Waals surface area (Å²) in [5.74, 6) is 0. The summed E-state index contributed by atoms with van der Waals surface area (Å²) < 4.78 is 0. The van der Waals surface area contributed by atoms with E-state index in [9.17, 15) is 0 Å². The molecular formula is C15H22ClN3. The Labute approximate surface area is 120 Å². The predicted octanol–water partition coefficient (Wildman–Crippen LogP) is 3.98. The van der Waals surface area contributed by atoms with Crippen molar-refractivity contribution in [3.05, 3.63) is 28.8 Å². The summed E-state index contributed by atoms with van der Waals surface area (Å²) in [7, 11) is 1.92. The third-order valence-electron chi connectivity index (χ3n) is 3.51. The van der Waals surface area contributed by atoms with Crippen LogP contribution in [-0.2, 0) is 0 Å². The van der Waals surface area contributed by atoms with Crippen LogP contribution in [0.1, 0.15) is 38.2 Å². The van der Waals surface area contributed by atoms with Crippen LogP contribution in [0.3, 0.4) is 0 Å². The van der Waals surface area contributed by atoms with Gasteiger partial charge in [0.05, 0.1) is 5.71 Å². The molecule has 19 heavy (non-hydrogen) atoms. The van der Waals surface area contributed by atoms with Gasteiger partial charge in [0, 0.05) is 36.4 Å². The second-order valence-electron chi connectivity index (χ2n) is 4.99. The lowest BCUT2D eigenvalue weighted by molar-refractivity contribution is 0.301. The first kappa shape index (κ1) is 14.2. The molecule has 0 unspecified atom stereocenters. The second kappa shape index (κ2) is 6.80. The molecule has 2 rings (SSSR count). The van der Waals surface area contributed by atoms with Crippen LogP contribution < -0.4 is 5.32 Å². The first-order chi connectivity index (χ1) is 9.20. The van der Waals surface area contributed by atoms with Gasteiger partial charge in [-0.3, -0.25) is 5.01 Å². The van der Waals surface area contributed by atoms with Crippen molar-refractivity contribution in [1.82, 2.24) is 5.01 Å². The van der Waals surface area contributed by atoms with Crippen molar-refractivity contribution < 1.29 is 0 Å². The number of anilines is 1. The zero-order valence-electron chi connectivity index (χ0n) is 11.7. The molecular weight excluding hydrogens is 258 g/mol. The van der Waals surface area contributed by atoms with Crippen LogP contribution in [0.15, 0.2) is 23.3 Å². The van der Waals surface area contributed by atoms with Crippen molar-refractivity contribution in [3.63, 3.8) is 0 Å². The van der Waals surface area contributed by atoms with Gasteiger partial charge in [0.15, 0.2) is 0 Å². The fraction of sp³-hybridized carbons (Fsp3) is 0.533. The number of hydrazone groups is 1. The van der Waals surface area contributed by atoms with Gasteiger partial charge in [0.1, 0.15) is 0 Å². The molecule has 1 aliphatic heterocycles. The Hall–Kier alpha value is -1.22. The van der Waals surface area contributed by atoms with E-state index in [0.717, 1.165) is 35.1 Å². The Morgan fingerprint density at radius 2 is 1.89 bits per heavy atom. The van der Waals surface area contributed by atoms with Gasteiger partial charge in [-0.2, -0.15) is 5.10 Å². The molecule has 1 aromatic carbocycles. The highest BCUT2D eigenvalue weighted by molar-refractivity contribution is 6.31. The Bertz CT molecular complexity index is 449. The lowest BCUT2D eigenvalue weighted by atomic mass is 10.1. The lowest BCUT2D eigenvalue weighted by Crippen LogP contribution is -2.20. The molecule has 4 heteroatoms. The molecule has 0 radical (unpaired) electrons. The topological polar surface area (TPSA) is 27.6 Å². The smallest absolute Gasteiger partial charge is 0.0667 e.